The number of hydrogen-bond acceptors (Lipinski definition) is 4. The van der Waals surface area contributed by atoms with Crippen molar-refractivity contribution in [1.82, 2.24) is 15.1 Å². The van der Waals surface area contributed by atoms with Crippen LogP contribution in [0.2, 0.25) is 0 Å². The molecule has 0 unspecified atom stereocenters. The molecular weight excluding hydrogens is 363 g/mol. The Labute approximate surface area is 128 Å². The fraction of sp³-hybridized carbons (Fsp3) is 0.600. The predicted molar refractivity (Wildman–Crippen MR) is 83.7 cm³/mol. The van der Waals surface area contributed by atoms with E-state index >= 15 is 0 Å². The van der Waals surface area contributed by atoms with Crippen LogP contribution in [-0.4, -0.2) is 32.7 Å². The van der Waals surface area contributed by atoms with Crippen LogP contribution in [0, 0.1) is 10.1 Å². The molecule has 0 aromatic carbocycles. The molecule has 1 aromatic heterocycles. The Hall–Kier alpha value is -1.39. The Morgan fingerprint density at radius 3 is 2.74 bits per heavy atom. The van der Waals surface area contributed by atoms with E-state index in [-0.39, 0.29) is 35.2 Å². The number of halogens is 1. The fourth-order valence-electron chi connectivity index (χ4n) is 1.27. The van der Waals surface area contributed by atoms with Crippen LogP contribution < -0.4 is 11.1 Å². The highest BCUT2D eigenvalue weighted by Crippen LogP contribution is 2.07. The monoisotopic (exact) mass is 382 g/mol. The molecule has 0 saturated carbocycles. The van der Waals surface area contributed by atoms with Crippen LogP contribution in [0.25, 0.3) is 0 Å². The molecule has 0 saturated heterocycles. The van der Waals surface area contributed by atoms with Gasteiger partial charge in [-0.3, -0.25) is 19.8 Å². The van der Waals surface area contributed by atoms with Crippen LogP contribution in [0.3, 0.4) is 0 Å². The summed E-state index contributed by atoms with van der Waals surface area (Å²) in [4.78, 5) is 14.1. The van der Waals surface area contributed by atoms with Crippen LogP contribution in [0.15, 0.2) is 17.4 Å². The van der Waals surface area contributed by atoms with Gasteiger partial charge in [0.15, 0.2) is 5.96 Å². The van der Waals surface area contributed by atoms with Gasteiger partial charge in [-0.1, -0.05) is 0 Å². The number of nitrogens with one attached hydrogen (secondary N) is 1. The molecule has 1 rings (SSSR count). The van der Waals surface area contributed by atoms with Gasteiger partial charge in [-0.25, -0.2) is 0 Å². The summed E-state index contributed by atoms with van der Waals surface area (Å²) in [5.41, 5.74) is 5.51. The van der Waals surface area contributed by atoms with Gasteiger partial charge in [0.2, 0.25) is 0 Å². The minimum Gasteiger partial charge on any atom is -0.370 e. The van der Waals surface area contributed by atoms with Gasteiger partial charge in [0.1, 0.15) is 12.4 Å². The molecule has 0 fully saturated rings. The normalized spacial score (nSPS) is 11.8. The largest absolute Gasteiger partial charge is 0.370 e. The Morgan fingerprint density at radius 2 is 2.26 bits per heavy atom. The van der Waals surface area contributed by atoms with Crippen LogP contribution in [0.5, 0.6) is 0 Å². The van der Waals surface area contributed by atoms with E-state index in [0.717, 1.165) is 0 Å². The summed E-state index contributed by atoms with van der Waals surface area (Å²) in [6.45, 7) is 6.79. The zero-order chi connectivity index (χ0) is 13.8. The molecule has 0 amide bonds. The lowest BCUT2D eigenvalue weighted by atomic mass is 10.1. The molecular formula is C10H19IN6O2. The second-order valence-electron chi connectivity index (χ2n) is 4.86. The maximum Gasteiger partial charge on any atom is 0.306 e. The average molecular weight is 382 g/mol. The van der Waals surface area contributed by atoms with Crippen molar-refractivity contribution in [3.63, 3.8) is 0 Å². The SMILES string of the molecule is CC(C)(C)NC(N)=NCCn1cc([N+](=O)[O-])cn1.I. The van der Waals surface area contributed by atoms with E-state index in [2.05, 4.69) is 15.4 Å². The van der Waals surface area contributed by atoms with E-state index in [1.54, 1.807) is 0 Å². The number of aliphatic imine (C=N–C) groups is 1. The van der Waals surface area contributed by atoms with E-state index in [9.17, 15) is 10.1 Å². The first-order valence-corrected chi connectivity index (χ1v) is 5.53. The zero-order valence-electron chi connectivity index (χ0n) is 11.2. The fourth-order valence-corrected chi connectivity index (χ4v) is 1.27. The second-order valence-corrected chi connectivity index (χ2v) is 4.86. The van der Waals surface area contributed by atoms with Crippen LogP contribution >= 0.6 is 24.0 Å². The summed E-state index contributed by atoms with van der Waals surface area (Å²) in [5, 5.41) is 17.3. The minimum absolute atomic E-state index is 0. The van der Waals surface area contributed by atoms with Crippen molar-refractivity contribution in [2.75, 3.05) is 6.54 Å². The quantitative estimate of drug-likeness (QED) is 0.267. The van der Waals surface area contributed by atoms with Crippen molar-refractivity contribution in [3.05, 3.63) is 22.5 Å². The Kier molecular flexibility index (Phi) is 6.73. The molecule has 0 spiro atoms. The van der Waals surface area contributed by atoms with E-state index in [1.807, 2.05) is 20.8 Å². The highest BCUT2D eigenvalue weighted by molar-refractivity contribution is 14.0. The third-order valence-electron chi connectivity index (χ3n) is 1.94. The molecule has 0 radical (unpaired) electrons. The Bertz CT molecular complexity index is 451. The maximum absolute atomic E-state index is 10.4. The first-order chi connectivity index (χ1) is 8.28. The van der Waals surface area contributed by atoms with Gasteiger partial charge in [-0.2, -0.15) is 5.10 Å². The molecule has 108 valence electrons. The molecule has 1 heterocycles. The van der Waals surface area contributed by atoms with Crippen molar-refractivity contribution in [3.8, 4) is 0 Å². The lowest BCUT2D eigenvalue weighted by molar-refractivity contribution is -0.385. The minimum atomic E-state index is -0.484. The van der Waals surface area contributed by atoms with Crippen molar-refractivity contribution in [1.29, 1.82) is 0 Å². The Morgan fingerprint density at radius 1 is 1.63 bits per heavy atom. The molecule has 0 bridgehead atoms. The summed E-state index contributed by atoms with van der Waals surface area (Å²) >= 11 is 0. The first kappa shape index (κ1) is 17.6. The highest BCUT2D eigenvalue weighted by Gasteiger charge is 2.10. The third-order valence-corrected chi connectivity index (χ3v) is 1.94. The van der Waals surface area contributed by atoms with Gasteiger partial charge >= 0.3 is 5.69 Å². The molecule has 0 aliphatic rings. The van der Waals surface area contributed by atoms with Gasteiger partial charge in [0.05, 0.1) is 18.0 Å². The molecule has 1 aromatic rings. The smallest absolute Gasteiger partial charge is 0.306 e. The van der Waals surface area contributed by atoms with Crippen molar-refractivity contribution < 1.29 is 4.92 Å². The van der Waals surface area contributed by atoms with E-state index < -0.39 is 4.92 Å². The molecule has 8 nitrogen and oxygen atoms in total. The number of guanidine groups is 1. The van der Waals surface area contributed by atoms with Crippen molar-refractivity contribution >= 4 is 35.6 Å². The molecule has 0 atom stereocenters. The highest BCUT2D eigenvalue weighted by atomic mass is 127. The van der Waals surface area contributed by atoms with Crippen LogP contribution in [0.1, 0.15) is 20.8 Å². The van der Waals surface area contributed by atoms with Gasteiger partial charge in [0.25, 0.3) is 0 Å². The number of nitrogens with two attached hydrogens (primary N) is 1. The van der Waals surface area contributed by atoms with E-state index in [0.29, 0.717) is 19.0 Å². The topological polar surface area (TPSA) is 111 Å². The number of aromatic nitrogens is 2. The van der Waals surface area contributed by atoms with Crippen LogP contribution in [0.4, 0.5) is 5.69 Å². The van der Waals surface area contributed by atoms with Gasteiger partial charge < -0.3 is 11.1 Å². The van der Waals surface area contributed by atoms with Gasteiger partial charge in [0, 0.05) is 5.54 Å². The molecule has 9 heteroatoms. The standard InChI is InChI=1S/C10H18N6O2.HI/c1-10(2,3)14-9(11)12-4-5-15-7-8(6-13-15)16(17)18;/h6-7H,4-5H2,1-3H3,(H3,11,12,14);1H. The van der Waals surface area contributed by atoms with Gasteiger partial charge in [-0.05, 0) is 20.8 Å². The summed E-state index contributed by atoms with van der Waals surface area (Å²) in [5.74, 6) is 0.351. The number of rotatable bonds is 4. The van der Waals surface area contributed by atoms with Crippen molar-refractivity contribution in [2.24, 2.45) is 10.7 Å². The summed E-state index contributed by atoms with van der Waals surface area (Å²) in [6, 6.07) is 0. The summed E-state index contributed by atoms with van der Waals surface area (Å²) in [6.07, 6.45) is 2.57. The van der Waals surface area contributed by atoms with Crippen molar-refractivity contribution in [2.45, 2.75) is 32.9 Å². The summed E-state index contributed by atoms with van der Waals surface area (Å²) in [7, 11) is 0. The zero-order valence-corrected chi connectivity index (χ0v) is 13.5. The average Bonchev–Trinajstić information content (AvgIpc) is 2.63. The number of hydrogen-bond donors (Lipinski definition) is 2. The number of nitro groups is 1. The van der Waals surface area contributed by atoms with Crippen LogP contribution in [-0.2, 0) is 6.54 Å². The van der Waals surface area contributed by atoms with E-state index in [1.165, 1.54) is 17.1 Å². The molecule has 0 aliphatic carbocycles. The molecule has 0 aliphatic heterocycles. The number of nitrogens with zero attached hydrogens (tertiary/aromatic N) is 4. The Balaban J connectivity index is 0.00000324. The molecule has 3 N–H and O–H groups in total. The third kappa shape index (κ3) is 6.94. The first-order valence-electron chi connectivity index (χ1n) is 5.53. The lowest BCUT2D eigenvalue weighted by Gasteiger charge is -2.20. The van der Waals surface area contributed by atoms with E-state index in [4.69, 9.17) is 5.73 Å². The predicted octanol–water partition coefficient (Wildman–Crippen LogP) is 1.11. The second kappa shape index (κ2) is 7.26. The van der Waals surface area contributed by atoms with Gasteiger partial charge in [-0.15, -0.1) is 24.0 Å². The molecule has 19 heavy (non-hydrogen) atoms. The lowest BCUT2D eigenvalue weighted by Crippen LogP contribution is -2.45. The maximum atomic E-state index is 10.4. The summed E-state index contributed by atoms with van der Waals surface area (Å²) < 4.78 is 1.46.